The largest absolute Gasteiger partial charge is 0.384 e. The number of rotatable bonds is 3. The number of carbonyl (C=O) groups is 1. The zero-order valence-corrected chi connectivity index (χ0v) is 11.8. The Hall–Kier alpha value is -2.64. The highest BCUT2D eigenvalue weighted by Crippen LogP contribution is 2.11. The summed E-state index contributed by atoms with van der Waals surface area (Å²) in [7, 11) is 0. The highest BCUT2D eigenvalue weighted by molar-refractivity contribution is 6.02. The van der Waals surface area contributed by atoms with Crippen LogP contribution in [0, 0.1) is 11.8 Å². The summed E-state index contributed by atoms with van der Waals surface area (Å²) in [6, 6.07) is 11.0. The highest BCUT2D eigenvalue weighted by Gasteiger charge is 2.07. The molecule has 2 N–H and O–H groups in total. The van der Waals surface area contributed by atoms with Gasteiger partial charge < -0.3 is 10.4 Å². The molecule has 1 aromatic carbocycles. The molecular formula is C17H16N2O2. The first-order valence-corrected chi connectivity index (χ1v) is 6.69. The molecule has 1 heterocycles. The number of nitrogens with zero attached hydrogens (tertiary/aromatic N) is 1. The molecule has 0 atom stereocenters. The van der Waals surface area contributed by atoms with Crippen molar-refractivity contribution in [2.45, 2.75) is 13.3 Å². The molecule has 0 bridgehead atoms. The minimum absolute atomic E-state index is 0.198. The molecule has 4 heteroatoms. The van der Waals surface area contributed by atoms with Crippen LogP contribution in [0.5, 0.6) is 0 Å². The third-order valence-electron chi connectivity index (χ3n) is 2.93. The zero-order valence-electron chi connectivity index (χ0n) is 11.8. The first-order chi connectivity index (χ1) is 10.2. The lowest BCUT2D eigenvalue weighted by Crippen LogP contribution is -2.13. The number of hydrogen-bond donors (Lipinski definition) is 2. The molecule has 0 fully saturated rings. The minimum atomic E-state index is -0.263. The van der Waals surface area contributed by atoms with E-state index in [0.29, 0.717) is 11.3 Å². The Kier molecular flexibility index (Phi) is 5.08. The van der Waals surface area contributed by atoms with Crippen molar-refractivity contribution in [3.05, 3.63) is 59.4 Å². The average molecular weight is 280 g/mol. The van der Waals surface area contributed by atoms with Crippen LogP contribution in [0.15, 0.2) is 42.6 Å². The Morgan fingerprint density at radius 2 is 2.00 bits per heavy atom. The predicted octanol–water partition coefficient (Wildman–Crippen LogP) is 2.24. The van der Waals surface area contributed by atoms with Crippen molar-refractivity contribution in [1.82, 2.24) is 4.98 Å². The molecule has 2 rings (SSSR count). The molecule has 0 saturated heterocycles. The molecule has 0 aliphatic heterocycles. The average Bonchev–Trinajstić information content (AvgIpc) is 2.54. The van der Waals surface area contributed by atoms with Crippen LogP contribution in [0.2, 0.25) is 0 Å². The Bertz CT molecular complexity index is 665. The zero-order chi connectivity index (χ0) is 15.1. The molecule has 106 valence electrons. The summed E-state index contributed by atoms with van der Waals surface area (Å²) < 4.78 is 0. The molecule has 1 aromatic heterocycles. The Balaban J connectivity index is 2.05. The van der Waals surface area contributed by atoms with Gasteiger partial charge in [0.25, 0.3) is 5.91 Å². The van der Waals surface area contributed by atoms with Crippen molar-refractivity contribution in [3.8, 4) is 11.8 Å². The van der Waals surface area contributed by atoms with E-state index in [0.717, 1.165) is 12.1 Å². The third-order valence-corrected chi connectivity index (χ3v) is 2.93. The van der Waals surface area contributed by atoms with E-state index in [9.17, 15) is 4.79 Å². The molecule has 0 radical (unpaired) electrons. The summed E-state index contributed by atoms with van der Waals surface area (Å²) >= 11 is 0. The third kappa shape index (κ3) is 4.16. The van der Waals surface area contributed by atoms with E-state index < -0.39 is 0 Å². The summed E-state index contributed by atoms with van der Waals surface area (Å²) in [6.07, 6.45) is 2.48. The number of aliphatic hydroxyl groups is 1. The van der Waals surface area contributed by atoms with Gasteiger partial charge in [-0.1, -0.05) is 30.9 Å². The second-order valence-corrected chi connectivity index (χ2v) is 4.40. The van der Waals surface area contributed by atoms with E-state index in [1.165, 1.54) is 11.8 Å². The molecule has 0 aliphatic rings. The van der Waals surface area contributed by atoms with E-state index >= 15 is 0 Å². The van der Waals surface area contributed by atoms with Crippen LogP contribution < -0.4 is 5.32 Å². The van der Waals surface area contributed by atoms with Gasteiger partial charge in [-0.2, -0.15) is 0 Å². The van der Waals surface area contributed by atoms with Gasteiger partial charge in [-0.15, -0.1) is 0 Å². The van der Waals surface area contributed by atoms with E-state index in [2.05, 4.69) is 29.1 Å². The number of amides is 1. The van der Waals surface area contributed by atoms with Crippen LogP contribution in [-0.2, 0) is 6.42 Å². The van der Waals surface area contributed by atoms with Crippen LogP contribution in [0.4, 0.5) is 5.69 Å². The van der Waals surface area contributed by atoms with Gasteiger partial charge in [-0.25, -0.2) is 4.98 Å². The van der Waals surface area contributed by atoms with E-state index in [4.69, 9.17) is 5.11 Å². The number of aromatic nitrogens is 1. The fourth-order valence-electron chi connectivity index (χ4n) is 1.76. The van der Waals surface area contributed by atoms with Gasteiger partial charge in [0.2, 0.25) is 0 Å². The summed E-state index contributed by atoms with van der Waals surface area (Å²) in [5, 5.41) is 11.4. The first-order valence-electron chi connectivity index (χ1n) is 6.69. The topological polar surface area (TPSA) is 62.2 Å². The molecule has 2 aromatic rings. The van der Waals surface area contributed by atoms with Gasteiger partial charge in [0.05, 0.1) is 0 Å². The number of carbonyl (C=O) groups excluding carboxylic acids is 1. The molecule has 0 saturated carbocycles. The number of benzene rings is 1. The maximum Gasteiger partial charge on any atom is 0.274 e. The second kappa shape index (κ2) is 7.22. The summed E-state index contributed by atoms with van der Waals surface area (Å²) in [6.45, 7) is 1.88. The lowest BCUT2D eigenvalue weighted by Gasteiger charge is -2.05. The summed E-state index contributed by atoms with van der Waals surface area (Å²) in [5.74, 6) is 4.99. The van der Waals surface area contributed by atoms with Crippen molar-refractivity contribution in [2.75, 3.05) is 11.9 Å². The summed E-state index contributed by atoms with van der Waals surface area (Å²) in [5.41, 5.74) is 2.94. The normalized spacial score (nSPS) is 9.62. The Morgan fingerprint density at radius 1 is 1.24 bits per heavy atom. The van der Waals surface area contributed by atoms with Crippen molar-refractivity contribution in [2.24, 2.45) is 0 Å². The van der Waals surface area contributed by atoms with Gasteiger partial charge in [0.1, 0.15) is 12.3 Å². The second-order valence-electron chi connectivity index (χ2n) is 4.40. The molecular weight excluding hydrogens is 264 g/mol. The van der Waals surface area contributed by atoms with Crippen molar-refractivity contribution in [1.29, 1.82) is 0 Å². The number of nitrogens with one attached hydrogen (secondary N) is 1. The lowest BCUT2D eigenvalue weighted by molar-refractivity contribution is 0.102. The molecule has 0 unspecified atom stereocenters. The van der Waals surface area contributed by atoms with Crippen LogP contribution in [0.25, 0.3) is 0 Å². The highest BCUT2D eigenvalue weighted by atomic mass is 16.2. The van der Waals surface area contributed by atoms with Crippen molar-refractivity contribution >= 4 is 11.6 Å². The van der Waals surface area contributed by atoms with Crippen LogP contribution in [0.1, 0.15) is 28.5 Å². The molecule has 0 aliphatic carbocycles. The fraction of sp³-hybridized carbons (Fsp3) is 0.176. The van der Waals surface area contributed by atoms with E-state index in [1.54, 1.807) is 12.1 Å². The first kappa shape index (κ1) is 14.8. The van der Waals surface area contributed by atoms with Crippen molar-refractivity contribution in [3.63, 3.8) is 0 Å². The smallest absolute Gasteiger partial charge is 0.274 e. The molecule has 4 nitrogen and oxygen atoms in total. The predicted molar refractivity (Wildman–Crippen MR) is 82.0 cm³/mol. The van der Waals surface area contributed by atoms with Crippen LogP contribution >= 0.6 is 0 Å². The van der Waals surface area contributed by atoms with Gasteiger partial charge in [0.15, 0.2) is 0 Å². The maximum absolute atomic E-state index is 12.0. The minimum Gasteiger partial charge on any atom is -0.384 e. The molecule has 21 heavy (non-hydrogen) atoms. The Morgan fingerprint density at radius 3 is 2.57 bits per heavy atom. The van der Waals surface area contributed by atoms with E-state index in [-0.39, 0.29) is 12.5 Å². The molecule has 1 amide bonds. The van der Waals surface area contributed by atoms with E-state index in [1.807, 2.05) is 24.3 Å². The lowest BCUT2D eigenvalue weighted by atomic mass is 10.1. The SMILES string of the molecule is CCc1ccc(NC(=O)c2ccc(C#CCO)cn2)cc1. The standard InChI is InChI=1S/C17H16N2O2/c1-2-13-5-8-15(9-6-13)19-17(21)16-10-7-14(12-18-16)4-3-11-20/h5-10,12,20H,2,11H2,1H3,(H,19,21). The van der Waals surface area contributed by atoms with Gasteiger partial charge in [-0.3, -0.25) is 4.79 Å². The number of aliphatic hydroxyl groups excluding tert-OH is 1. The van der Waals surface area contributed by atoms with Crippen LogP contribution in [0.3, 0.4) is 0 Å². The number of hydrogen-bond acceptors (Lipinski definition) is 3. The molecule has 0 spiro atoms. The monoisotopic (exact) mass is 280 g/mol. The number of pyridine rings is 1. The van der Waals surface area contributed by atoms with Gasteiger partial charge >= 0.3 is 0 Å². The number of anilines is 1. The van der Waals surface area contributed by atoms with Gasteiger partial charge in [-0.05, 0) is 36.2 Å². The quantitative estimate of drug-likeness (QED) is 0.848. The number of aryl methyl sites for hydroxylation is 1. The van der Waals surface area contributed by atoms with Gasteiger partial charge in [0, 0.05) is 17.4 Å². The fourth-order valence-corrected chi connectivity index (χ4v) is 1.76. The summed E-state index contributed by atoms with van der Waals surface area (Å²) in [4.78, 5) is 16.1. The van der Waals surface area contributed by atoms with Crippen molar-refractivity contribution < 1.29 is 9.90 Å². The Labute approximate surface area is 123 Å². The maximum atomic E-state index is 12.0. The van der Waals surface area contributed by atoms with Crippen LogP contribution in [-0.4, -0.2) is 22.6 Å².